The predicted molar refractivity (Wildman–Crippen MR) is 52.0 cm³/mol. The summed E-state index contributed by atoms with van der Waals surface area (Å²) in [5.41, 5.74) is 0. The fourth-order valence-corrected chi connectivity index (χ4v) is 2.30. The van der Waals surface area contributed by atoms with E-state index in [1.807, 2.05) is 0 Å². The van der Waals surface area contributed by atoms with Crippen LogP contribution in [0.15, 0.2) is 0 Å². The van der Waals surface area contributed by atoms with E-state index in [-0.39, 0.29) is 12.8 Å². The Morgan fingerprint density at radius 3 is 2.14 bits per heavy atom. The van der Waals surface area contributed by atoms with Crippen LogP contribution >= 0.6 is 7.60 Å². The average molecular weight is 227 g/mol. The molecule has 0 saturated heterocycles. The first-order chi connectivity index (χ1) is 6.54. The third kappa shape index (κ3) is 6.48. The van der Waals surface area contributed by atoms with Crippen LogP contribution in [0.25, 0.3) is 0 Å². The van der Waals surface area contributed by atoms with Gasteiger partial charge in [0.15, 0.2) is 6.29 Å². The summed E-state index contributed by atoms with van der Waals surface area (Å²) >= 11 is 0. The summed E-state index contributed by atoms with van der Waals surface area (Å²) in [4.78, 5) is 0. The van der Waals surface area contributed by atoms with Gasteiger partial charge >= 0.3 is 7.60 Å². The highest BCUT2D eigenvalue weighted by Gasteiger charge is 2.22. The smallest absolute Gasteiger partial charge is 0.344 e. The summed E-state index contributed by atoms with van der Waals surface area (Å²) < 4.78 is 21.6. The Morgan fingerprint density at radius 2 is 1.79 bits per heavy atom. The molecule has 0 aliphatic rings. The molecule has 0 aromatic heterocycles. The second-order valence-electron chi connectivity index (χ2n) is 2.54. The lowest BCUT2D eigenvalue weighted by atomic mass is 10.6. The zero-order valence-corrected chi connectivity index (χ0v) is 9.37. The molecule has 86 valence electrons. The summed E-state index contributed by atoms with van der Waals surface area (Å²) in [6, 6.07) is 0. The van der Waals surface area contributed by atoms with Crippen molar-refractivity contribution in [2.24, 2.45) is 0 Å². The molecule has 0 radical (unpaired) electrons. The molecule has 3 N–H and O–H groups in total. The first-order valence-electron chi connectivity index (χ1n) is 4.49. The third-order valence-corrected chi connectivity index (χ3v) is 3.20. The lowest BCUT2D eigenvalue weighted by molar-refractivity contribution is -0.0364. The number of rotatable bonds is 8. The average Bonchev–Trinajstić information content (AvgIpc) is 2.03. The molecule has 0 aliphatic carbocycles. The minimum absolute atomic E-state index is 0.0215. The Bertz CT molecular complexity index is 177. The number of nitrogens with one attached hydrogen (secondary N) is 1. The quantitative estimate of drug-likeness (QED) is 0.403. The van der Waals surface area contributed by atoms with Gasteiger partial charge in [0.1, 0.15) is 0 Å². The largest absolute Gasteiger partial charge is 0.367 e. The van der Waals surface area contributed by atoms with Crippen molar-refractivity contribution in [1.29, 1.82) is 0 Å². The molecule has 0 atom stereocenters. The van der Waals surface area contributed by atoms with Crippen LogP contribution in [0.5, 0.6) is 0 Å². The number of hydrogen-bond donors (Lipinski definition) is 3. The molecular formula is C7H18NO5P. The Labute approximate surface area is 83.8 Å². The van der Waals surface area contributed by atoms with E-state index in [0.717, 1.165) is 0 Å². The highest BCUT2D eigenvalue weighted by molar-refractivity contribution is 7.53. The molecule has 14 heavy (non-hydrogen) atoms. The van der Waals surface area contributed by atoms with Gasteiger partial charge in [0.2, 0.25) is 0 Å². The molecular weight excluding hydrogens is 209 g/mol. The predicted octanol–water partition coefficient (Wildman–Crippen LogP) is 0.110. The van der Waals surface area contributed by atoms with Crippen molar-refractivity contribution in [2.45, 2.75) is 20.1 Å². The highest BCUT2D eigenvalue weighted by Crippen LogP contribution is 2.46. The molecule has 0 rings (SSSR count). The first-order valence-corrected chi connectivity index (χ1v) is 6.22. The zero-order chi connectivity index (χ0) is 11.0. The molecule has 0 unspecified atom stereocenters. The number of hydrogen-bond acceptors (Lipinski definition) is 6. The monoisotopic (exact) mass is 227 g/mol. The maximum absolute atomic E-state index is 11.7. The molecule has 0 aliphatic heterocycles. The Balaban J connectivity index is 3.90. The van der Waals surface area contributed by atoms with Crippen LogP contribution in [-0.2, 0) is 13.6 Å². The van der Waals surface area contributed by atoms with Crippen LogP contribution in [0.3, 0.4) is 0 Å². The van der Waals surface area contributed by atoms with Crippen LogP contribution in [-0.4, -0.2) is 42.5 Å². The topological polar surface area (TPSA) is 88.0 Å². The van der Waals surface area contributed by atoms with Crippen molar-refractivity contribution < 1.29 is 23.8 Å². The second-order valence-corrected chi connectivity index (χ2v) is 4.59. The van der Waals surface area contributed by atoms with Crippen molar-refractivity contribution in [1.82, 2.24) is 5.32 Å². The normalized spacial score (nSPS) is 12.4. The molecule has 0 fully saturated rings. The maximum atomic E-state index is 11.7. The summed E-state index contributed by atoms with van der Waals surface area (Å²) in [6.45, 7) is 3.95. The van der Waals surface area contributed by atoms with E-state index in [2.05, 4.69) is 5.32 Å². The van der Waals surface area contributed by atoms with Gasteiger partial charge < -0.3 is 24.6 Å². The highest BCUT2D eigenvalue weighted by atomic mass is 31.2. The van der Waals surface area contributed by atoms with Gasteiger partial charge in [-0.3, -0.25) is 4.57 Å². The van der Waals surface area contributed by atoms with Gasteiger partial charge in [-0.2, -0.15) is 0 Å². The lowest BCUT2D eigenvalue weighted by Gasteiger charge is -2.17. The van der Waals surface area contributed by atoms with Crippen LogP contribution in [0.2, 0.25) is 0 Å². The maximum Gasteiger partial charge on any atom is 0.344 e. The first kappa shape index (κ1) is 14.0. The van der Waals surface area contributed by atoms with Crippen LogP contribution in [0.1, 0.15) is 13.8 Å². The lowest BCUT2D eigenvalue weighted by Crippen LogP contribution is -2.27. The van der Waals surface area contributed by atoms with Crippen LogP contribution < -0.4 is 5.32 Å². The molecule has 0 aromatic carbocycles. The molecule has 0 heterocycles. The fourth-order valence-electron chi connectivity index (χ4n) is 0.853. The Hall–Kier alpha value is 0.0300. The summed E-state index contributed by atoms with van der Waals surface area (Å²) in [5.74, 6) is 0. The summed E-state index contributed by atoms with van der Waals surface area (Å²) in [7, 11) is -3.11. The van der Waals surface area contributed by atoms with E-state index >= 15 is 0 Å². The van der Waals surface area contributed by atoms with E-state index in [1.165, 1.54) is 0 Å². The van der Waals surface area contributed by atoms with E-state index in [9.17, 15) is 4.57 Å². The summed E-state index contributed by atoms with van der Waals surface area (Å²) in [6.07, 6.45) is -1.49. The van der Waals surface area contributed by atoms with Crippen LogP contribution in [0, 0.1) is 0 Å². The SMILES string of the molecule is CCOP(=O)(CNCC(O)O)OCC. The van der Waals surface area contributed by atoms with Crippen molar-refractivity contribution in [3.8, 4) is 0 Å². The third-order valence-electron chi connectivity index (χ3n) is 1.28. The Morgan fingerprint density at radius 1 is 1.29 bits per heavy atom. The van der Waals surface area contributed by atoms with Crippen molar-refractivity contribution in [2.75, 3.05) is 26.0 Å². The minimum atomic E-state index is -3.11. The molecule has 7 heteroatoms. The molecule has 0 spiro atoms. The minimum Gasteiger partial charge on any atom is -0.367 e. The molecule has 0 aromatic rings. The van der Waals surface area contributed by atoms with Gasteiger partial charge in [0.05, 0.1) is 19.5 Å². The van der Waals surface area contributed by atoms with Gasteiger partial charge in [-0.15, -0.1) is 0 Å². The van der Waals surface area contributed by atoms with Gasteiger partial charge in [-0.05, 0) is 13.8 Å². The molecule has 0 amide bonds. The van der Waals surface area contributed by atoms with Gasteiger partial charge in [0, 0.05) is 6.54 Å². The van der Waals surface area contributed by atoms with E-state index in [4.69, 9.17) is 19.3 Å². The molecule has 0 saturated carbocycles. The van der Waals surface area contributed by atoms with Crippen molar-refractivity contribution in [3.63, 3.8) is 0 Å². The fraction of sp³-hybridized carbons (Fsp3) is 1.00. The molecule has 6 nitrogen and oxygen atoms in total. The number of aliphatic hydroxyl groups excluding tert-OH is 1. The standard InChI is InChI=1S/C7H18NO5P/c1-3-12-14(11,13-4-2)6-8-5-7(9)10/h7-10H,3-6H2,1-2H3. The second kappa shape index (κ2) is 7.34. The van der Waals surface area contributed by atoms with Crippen molar-refractivity contribution in [3.05, 3.63) is 0 Å². The molecule has 0 bridgehead atoms. The van der Waals surface area contributed by atoms with Gasteiger partial charge in [-0.1, -0.05) is 0 Å². The van der Waals surface area contributed by atoms with Crippen molar-refractivity contribution >= 4 is 7.60 Å². The van der Waals surface area contributed by atoms with Crippen LogP contribution in [0.4, 0.5) is 0 Å². The van der Waals surface area contributed by atoms with Gasteiger partial charge in [-0.25, -0.2) is 0 Å². The number of aliphatic hydroxyl groups is 2. The van der Waals surface area contributed by atoms with Gasteiger partial charge in [0.25, 0.3) is 0 Å². The summed E-state index contributed by atoms with van der Waals surface area (Å²) in [5, 5.41) is 19.6. The zero-order valence-electron chi connectivity index (χ0n) is 8.47. The van der Waals surface area contributed by atoms with E-state index in [0.29, 0.717) is 13.2 Å². The Kier molecular flexibility index (Phi) is 7.35. The van der Waals surface area contributed by atoms with E-state index in [1.54, 1.807) is 13.8 Å². The van der Waals surface area contributed by atoms with E-state index < -0.39 is 13.9 Å².